The first-order valence-corrected chi connectivity index (χ1v) is 9.26. The van der Waals surface area contributed by atoms with E-state index in [4.69, 9.17) is 0 Å². The van der Waals surface area contributed by atoms with Gasteiger partial charge >= 0.3 is 12.6 Å². The first kappa shape index (κ1) is 20.0. The molecule has 1 N–H and O–H groups in total. The van der Waals surface area contributed by atoms with E-state index in [9.17, 15) is 13.6 Å². The molecule has 0 aliphatic carbocycles. The monoisotopic (exact) mass is 390 g/mol. The Morgan fingerprint density at radius 2 is 1.96 bits per heavy atom. The molecule has 1 aromatic heterocycles. The number of pyridine rings is 1. The highest BCUT2D eigenvalue weighted by molar-refractivity contribution is 5.91. The number of urea groups is 1. The number of carbonyl (C=O) groups is 1. The van der Waals surface area contributed by atoms with Crippen molar-refractivity contribution >= 4 is 11.7 Å². The molecule has 0 radical (unpaired) electrons. The van der Waals surface area contributed by atoms with Gasteiger partial charge in [-0.1, -0.05) is 18.2 Å². The van der Waals surface area contributed by atoms with Crippen molar-refractivity contribution in [3.05, 3.63) is 53.9 Å². The predicted octanol–water partition coefficient (Wildman–Crippen LogP) is 3.73. The Labute approximate surface area is 163 Å². The van der Waals surface area contributed by atoms with Crippen LogP contribution in [0.4, 0.5) is 19.3 Å². The number of rotatable bonds is 5. The highest BCUT2D eigenvalue weighted by Crippen LogP contribution is 2.26. The van der Waals surface area contributed by atoms with Gasteiger partial charge in [-0.2, -0.15) is 8.78 Å². The smallest absolute Gasteiger partial charge is 0.387 e. The molecule has 1 aromatic carbocycles. The van der Waals surface area contributed by atoms with Crippen LogP contribution < -0.4 is 10.1 Å². The number of hydrogen-bond acceptors (Lipinski definition) is 4. The Morgan fingerprint density at radius 3 is 2.75 bits per heavy atom. The number of para-hydroxylation sites is 2. The van der Waals surface area contributed by atoms with Crippen LogP contribution >= 0.6 is 0 Å². The summed E-state index contributed by atoms with van der Waals surface area (Å²) in [6.07, 6.45) is 0.828. The van der Waals surface area contributed by atoms with E-state index in [0.29, 0.717) is 13.1 Å². The van der Waals surface area contributed by atoms with E-state index in [0.717, 1.165) is 37.4 Å². The van der Waals surface area contributed by atoms with Crippen molar-refractivity contribution in [3.8, 4) is 5.75 Å². The first-order chi connectivity index (χ1) is 13.5. The number of anilines is 1. The normalized spacial score (nSPS) is 15.4. The van der Waals surface area contributed by atoms with Gasteiger partial charge in [0.1, 0.15) is 5.75 Å². The Balaban J connectivity index is 1.57. The van der Waals surface area contributed by atoms with Crippen molar-refractivity contribution < 1.29 is 18.3 Å². The van der Waals surface area contributed by atoms with Crippen LogP contribution in [-0.4, -0.2) is 53.6 Å². The van der Waals surface area contributed by atoms with Crippen LogP contribution in [0.2, 0.25) is 0 Å². The number of benzene rings is 1. The van der Waals surface area contributed by atoms with Crippen molar-refractivity contribution in [2.45, 2.75) is 26.5 Å². The quantitative estimate of drug-likeness (QED) is 0.845. The predicted molar refractivity (Wildman–Crippen MR) is 103 cm³/mol. The number of nitrogens with one attached hydrogen (secondary N) is 1. The van der Waals surface area contributed by atoms with E-state index in [2.05, 4.69) is 19.9 Å². The fraction of sp³-hybridized carbons (Fsp3) is 0.400. The minimum atomic E-state index is -2.94. The maximum Gasteiger partial charge on any atom is 0.387 e. The number of halogens is 2. The maximum absolute atomic E-state index is 12.6. The number of nitrogens with zero attached hydrogens (tertiary/aromatic N) is 3. The minimum Gasteiger partial charge on any atom is -0.433 e. The summed E-state index contributed by atoms with van der Waals surface area (Å²) in [5, 5.41) is 2.68. The average Bonchev–Trinajstić information content (AvgIpc) is 2.89. The van der Waals surface area contributed by atoms with Crippen molar-refractivity contribution in [1.29, 1.82) is 0 Å². The van der Waals surface area contributed by atoms with Crippen molar-refractivity contribution in [3.63, 3.8) is 0 Å². The van der Waals surface area contributed by atoms with E-state index in [1.807, 2.05) is 25.1 Å². The number of aromatic nitrogens is 1. The molecule has 150 valence electrons. The summed E-state index contributed by atoms with van der Waals surface area (Å²) in [5.41, 5.74) is 2.23. The molecular formula is C20H24F2N4O2. The highest BCUT2D eigenvalue weighted by atomic mass is 19.3. The highest BCUT2D eigenvalue weighted by Gasteiger charge is 2.21. The summed E-state index contributed by atoms with van der Waals surface area (Å²) in [6.45, 7) is 2.50. The number of amides is 2. The lowest BCUT2D eigenvalue weighted by Gasteiger charge is -2.23. The maximum atomic E-state index is 12.6. The molecule has 28 heavy (non-hydrogen) atoms. The Bertz CT molecular complexity index is 803. The lowest BCUT2D eigenvalue weighted by molar-refractivity contribution is -0.0493. The van der Waals surface area contributed by atoms with Crippen LogP contribution in [0.1, 0.15) is 17.8 Å². The van der Waals surface area contributed by atoms with Gasteiger partial charge in [-0.15, -0.1) is 0 Å². The molecule has 8 heteroatoms. The number of ether oxygens (including phenoxy) is 1. The Kier molecular flexibility index (Phi) is 6.76. The topological polar surface area (TPSA) is 57.7 Å². The largest absolute Gasteiger partial charge is 0.433 e. The molecule has 0 atom stereocenters. The van der Waals surface area contributed by atoms with Gasteiger partial charge in [0.05, 0.1) is 11.4 Å². The van der Waals surface area contributed by atoms with E-state index >= 15 is 0 Å². The molecule has 0 spiro atoms. The van der Waals surface area contributed by atoms with E-state index < -0.39 is 6.61 Å². The molecule has 1 saturated heterocycles. The second-order valence-electron chi connectivity index (χ2n) is 6.69. The lowest BCUT2D eigenvalue weighted by atomic mass is 10.3. The molecule has 3 rings (SSSR count). The summed E-state index contributed by atoms with van der Waals surface area (Å²) in [5.74, 6) is -0.0483. The number of aryl methyl sites for hydroxylation is 1. The molecule has 0 bridgehead atoms. The second-order valence-corrected chi connectivity index (χ2v) is 6.69. The molecule has 1 aliphatic heterocycles. The van der Waals surface area contributed by atoms with Crippen molar-refractivity contribution in [1.82, 2.24) is 14.8 Å². The average molecular weight is 390 g/mol. The van der Waals surface area contributed by atoms with Gasteiger partial charge in [-0.25, -0.2) is 4.79 Å². The van der Waals surface area contributed by atoms with E-state index in [1.54, 1.807) is 23.1 Å². The van der Waals surface area contributed by atoms with Gasteiger partial charge in [0.15, 0.2) is 0 Å². The fourth-order valence-electron chi connectivity index (χ4n) is 3.21. The second kappa shape index (κ2) is 9.45. The zero-order chi connectivity index (χ0) is 19.9. The molecule has 6 nitrogen and oxygen atoms in total. The number of hydrogen-bond donors (Lipinski definition) is 1. The Morgan fingerprint density at radius 1 is 1.14 bits per heavy atom. The van der Waals surface area contributed by atoms with Crippen LogP contribution in [-0.2, 0) is 6.54 Å². The van der Waals surface area contributed by atoms with E-state index in [-0.39, 0.29) is 17.5 Å². The molecular weight excluding hydrogens is 366 g/mol. The Hall–Kier alpha value is -2.74. The van der Waals surface area contributed by atoms with Gasteiger partial charge in [-0.05, 0) is 37.6 Å². The van der Waals surface area contributed by atoms with Crippen molar-refractivity contribution in [2.75, 3.05) is 31.5 Å². The van der Waals surface area contributed by atoms with E-state index in [1.165, 1.54) is 6.07 Å². The van der Waals surface area contributed by atoms with Crippen molar-refractivity contribution in [2.24, 2.45) is 0 Å². The minimum absolute atomic E-state index is 0.0483. The summed E-state index contributed by atoms with van der Waals surface area (Å²) in [7, 11) is 0. The standard InChI is InChI=1S/C20H24F2N4O2/c1-15-6-4-7-16(23-15)14-25-10-5-11-26(13-12-25)20(27)24-17-8-2-3-9-18(17)28-19(21)22/h2-4,6-9,19H,5,10-14H2,1H3,(H,24,27). The zero-order valence-electron chi connectivity index (χ0n) is 15.8. The van der Waals surface area contributed by atoms with Crippen LogP contribution in [0.3, 0.4) is 0 Å². The van der Waals surface area contributed by atoms with Gasteiger partial charge in [-0.3, -0.25) is 9.88 Å². The summed E-state index contributed by atoms with van der Waals surface area (Å²) < 4.78 is 29.5. The number of alkyl halides is 2. The molecule has 2 heterocycles. The van der Waals surface area contributed by atoms with Crippen LogP contribution in [0.15, 0.2) is 42.5 Å². The molecule has 0 unspecified atom stereocenters. The lowest BCUT2D eigenvalue weighted by Crippen LogP contribution is -2.38. The third-order valence-electron chi connectivity index (χ3n) is 4.55. The summed E-state index contributed by atoms with van der Waals surface area (Å²) in [6, 6.07) is 11.8. The summed E-state index contributed by atoms with van der Waals surface area (Å²) >= 11 is 0. The molecule has 2 amide bonds. The van der Waals surface area contributed by atoms with Crippen LogP contribution in [0, 0.1) is 6.92 Å². The number of carbonyl (C=O) groups excluding carboxylic acids is 1. The van der Waals surface area contributed by atoms with Crippen LogP contribution in [0.5, 0.6) is 5.75 Å². The first-order valence-electron chi connectivity index (χ1n) is 9.26. The van der Waals surface area contributed by atoms with Crippen LogP contribution in [0.25, 0.3) is 0 Å². The molecule has 1 aliphatic rings. The van der Waals surface area contributed by atoms with Gasteiger partial charge < -0.3 is 15.0 Å². The SMILES string of the molecule is Cc1cccc(CN2CCCN(C(=O)Nc3ccccc3OC(F)F)CC2)n1. The zero-order valence-corrected chi connectivity index (χ0v) is 15.8. The fourth-order valence-corrected chi connectivity index (χ4v) is 3.21. The molecule has 2 aromatic rings. The molecule has 0 saturated carbocycles. The van der Waals surface area contributed by atoms with Gasteiger partial charge in [0.2, 0.25) is 0 Å². The molecule has 1 fully saturated rings. The van der Waals surface area contributed by atoms with Gasteiger partial charge in [0.25, 0.3) is 0 Å². The summed E-state index contributed by atoms with van der Waals surface area (Å²) in [4.78, 5) is 21.1. The van der Waals surface area contributed by atoms with Gasteiger partial charge in [0, 0.05) is 38.4 Å². The third-order valence-corrected chi connectivity index (χ3v) is 4.55. The third kappa shape index (κ3) is 5.63.